The number of hydrogen-bond donors (Lipinski definition) is 2. The van der Waals surface area contributed by atoms with Crippen LogP contribution >= 0.6 is 0 Å². The number of carboxylic acid groups (broad SMARTS) is 1. The van der Waals surface area contributed by atoms with Crippen molar-refractivity contribution in [2.75, 3.05) is 13.2 Å². The lowest BCUT2D eigenvalue weighted by Gasteiger charge is -2.16. The van der Waals surface area contributed by atoms with Crippen LogP contribution in [0, 0.1) is 0 Å². The highest BCUT2D eigenvalue weighted by Crippen LogP contribution is 2.21. The number of amides is 2. The average Bonchev–Trinajstić information content (AvgIpc) is 3.05. The van der Waals surface area contributed by atoms with Crippen LogP contribution in [-0.4, -0.2) is 35.2 Å². The molecule has 0 bridgehead atoms. The number of nitrogens with zero attached hydrogens (tertiary/aromatic N) is 1. The Balaban J connectivity index is 1.42. The van der Waals surface area contributed by atoms with E-state index in [0.717, 1.165) is 5.56 Å². The molecule has 0 saturated heterocycles. The van der Waals surface area contributed by atoms with E-state index in [2.05, 4.69) is 17.4 Å². The van der Waals surface area contributed by atoms with E-state index in [4.69, 9.17) is 9.84 Å². The molecule has 130 valence electrons. The summed E-state index contributed by atoms with van der Waals surface area (Å²) in [5.74, 6) is -0.485. The van der Waals surface area contributed by atoms with Crippen LogP contribution in [0.15, 0.2) is 48.5 Å². The lowest BCUT2D eigenvalue weighted by atomic mass is 10.1. The Hall–Kier alpha value is -3.02. The van der Waals surface area contributed by atoms with Crippen molar-refractivity contribution >= 4 is 12.0 Å². The summed E-state index contributed by atoms with van der Waals surface area (Å²) in [6.07, 6.45) is 0.700. The van der Waals surface area contributed by atoms with Gasteiger partial charge in [-0.1, -0.05) is 36.4 Å². The van der Waals surface area contributed by atoms with Gasteiger partial charge in [0.05, 0.1) is 0 Å². The Bertz CT molecular complexity index is 733. The predicted octanol–water partition coefficient (Wildman–Crippen LogP) is 2.42. The van der Waals surface area contributed by atoms with Gasteiger partial charge >= 0.3 is 12.0 Å². The Kier molecular flexibility index (Phi) is 5.18. The molecule has 2 aromatic rings. The summed E-state index contributed by atoms with van der Waals surface area (Å²) in [7, 11) is 0. The molecule has 2 aromatic carbocycles. The number of fused-ring (bicyclic) bond motifs is 1. The second-order valence-corrected chi connectivity index (χ2v) is 5.93. The van der Waals surface area contributed by atoms with Gasteiger partial charge in [-0.05, 0) is 35.2 Å². The van der Waals surface area contributed by atoms with Crippen molar-refractivity contribution in [3.8, 4) is 5.75 Å². The van der Waals surface area contributed by atoms with Crippen LogP contribution < -0.4 is 10.1 Å². The molecular formula is C19H20N2O4. The molecule has 1 aliphatic heterocycles. The molecular weight excluding hydrogens is 320 g/mol. The molecule has 2 N–H and O–H groups in total. The first-order chi connectivity index (χ1) is 12.1. The largest absolute Gasteiger partial charge is 0.482 e. The summed E-state index contributed by atoms with van der Waals surface area (Å²) in [4.78, 5) is 24.5. The van der Waals surface area contributed by atoms with Crippen LogP contribution in [0.5, 0.6) is 5.75 Å². The van der Waals surface area contributed by atoms with E-state index in [0.29, 0.717) is 31.8 Å². The summed E-state index contributed by atoms with van der Waals surface area (Å²) in [5.41, 5.74) is 3.46. The van der Waals surface area contributed by atoms with Crippen LogP contribution in [0.25, 0.3) is 0 Å². The van der Waals surface area contributed by atoms with Gasteiger partial charge in [-0.2, -0.15) is 0 Å². The lowest BCUT2D eigenvalue weighted by Crippen LogP contribution is -2.37. The number of ether oxygens (including phenoxy) is 1. The van der Waals surface area contributed by atoms with E-state index in [9.17, 15) is 9.59 Å². The molecule has 6 heteroatoms. The fraction of sp³-hybridized carbons (Fsp3) is 0.263. The number of urea groups is 1. The maximum atomic E-state index is 12.2. The van der Waals surface area contributed by atoms with Crippen molar-refractivity contribution in [3.63, 3.8) is 0 Å². The van der Waals surface area contributed by atoms with Crippen molar-refractivity contribution in [3.05, 3.63) is 65.2 Å². The maximum Gasteiger partial charge on any atom is 0.341 e. The molecule has 1 heterocycles. The third kappa shape index (κ3) is 4.50. The minimum Gasteiger partial charge on any atom is -0.482 e. The molecule has 0 saturated carbocycles. The molecule has 0 unspecified atom stereocenters. The number of carbonyl (C=O) groups excluding carboxylic acids is 1. The molecule has 0 radical (unpaired) electrons. The predicted molar refractivity (Wildman–Crippen MR) is 92.4 cm³/mol. The summed E-state index contributed by atoms with van der Waals surface area (Å²) in [6.45, 7) is 1.49. The van der Waals surface area contributed by atoms with E-state index >= 15 is 0 Å². The Labute approximate surface area is 146 Å². The number of rotatable bonds is 6. The molecule has 1 aliphatic rings. The molecule has 0 atom stereocenters. The number of nitrogens with one attached hydrogen (secondary N) is 1. The normalized spacial score (nSPS) is 12.6. The first-order valence-electron chi connectivity index (χ1n) is 8.15. The number of benzene rings is 2. The van der Waals surface area contributed by atoms with Crippen LogP contribution in [0.4, 0.5) is 4.79 Å². The molecule has 6 nitrogen and oxygen atoms in total. The van der Waals surface area contributed by atoms with Gasteiger partial charge in [-0.3, -0.25) is 0 Å². The number of carboxylic acids is 1. The minimum absolute atomic E-state index is 0.0578. The zero-order valence-corrected chi connectivity index (χ0v) is 13.8. The van der Waals surface area contributed by atoms with Gasteiger partial charge in [0.15, 0.2) is 6.61 Å². The van der Waals surface area contributed by atoms with E-state index in [1.807, 2.05) is 24.3 Å². The summed E-state index contributed by atoms with van der Waals surface area (Å²) in [6, 6.07) is 15.2. The lowest BCUT2D eigenvalue weighted by molar-refractivity contribution is -0.139. The van der Waals surface area contributed by atoms with E-state index in [-0.39, 0.29) is 12.6 Å². The molecule has 25 heavy (non-hydrogen) atoms. The zero-order valence-electron chi connectivity index (χ0n) is 13.8. The van der Waals surface area contributed by atoms with E-state index in [1.54, 1.807) is 17.0 Å². The van der Waals surface area contributed by atoms with Crippen molar-refractivity contribution in [2.24, 2.45) is 0 Å². The van der Waals surface area contributed by atoms with Gasteiger partial charge in [0.25, 0.3) is 0 Å². The Morgan fingerprint density at radius 1 is 1.04 bits per heavy atom. The fourth-order valence-corrected chi connectivity index (χ4v) is 2.80. The highest BCUT2D eigenvalue weighted by molar-refractivity contribution is 5.75. The van der Waals surface area contributed by atoms with Gasteiger partial charge in [-0.25, -0.2) is 9.59 Å². The minimum atomic E-state index is -1.00. The van der Waals surface area contributed by atoms with Gasteiger partial charge in [-0.15, -0.1) is 0 Å². The first-order valence-corrected chi connectivity index (χ1v) is 8.15. The van der Waals surface area contributed by atoms with Crippen molar-refractivity contribution in [1.82, 2.24) is 10.2 Å². The molecule has 2 amide bonds. The Morgan fingerprint density at radius 2 is 1.68 bits per heavy atom. The van der Waals surface area contributed by atoms with Crippen LogP contribution in [0.1, 0.15) is 16.7 Å². The third-order valence-corrected chi connectivity index (χ3v) is 4.10. The van der Waals surface area contributed by atoms with Crippen LogP contribution in [0.3, 0.4) is 0 Å². The average molecular weight is 340 g/mol. The van der Waals surface area contributed by atoms with Crippen molar-refractivity contribution < 1.29 is 19.4 Å². The van der Waals surface area contributed by atoms with Crippen molar-refractivity contribution in [2.45, 2.75) is 19.5 Å². The van der Waals surface area contributed by atoms with E-state index in [1.165, 1.54) is 11.1 Å². The maximum absolute atomic E-state index is 12.2. The standard InChI is InChI=1S/C19H20N2O4/c22-18(23)13-25-17-7-5-14(6-8-17)9-10-20-19(24)21-11-15-3-1-2-4-16(15)12-21/h1-8H,9-13H2,(H,20,24)(H,22,23). The third-order valence-electron chi connectivity index (χ3n) is 4.10. The fourth-order valence-electron chi connectivity index (χ4n) is 2.80. The highest BCUT2D eigenvalue weighted by Gasteiger charge is 2.22. The Morgan fingerprint density at radius 3 is 2.28 bits per heavy atom. The first kappa shape index (κ1) is 16.8. The second-order valence-electron chi connectivity index (χ2n) is 5.93. The monoisotopic (exact) mass is 340 g/mol. The van der Waals surface area contributed by atoms with Gasteiger partial charge in [0.1, 0.15) is 5.75 Å². The zero-order chi connectivity index (χ0) is 17.6. The number of hydrogen-bond acceptors (Lipinski definition) is 3. The summed E-state index contributed by atoms with van der Waals surface area (Å²) < 4.78 is 5.09. The van der Waals surface area contributed by atoms with Crippen LogP contribution in [0.2, 0.25) is 0 Å². The topological polar surface area (TPSA) is 78.9 Å². The molecule has 0 aromatic heterocycles. The van der Waals surface area contributed by atoms with Gasteiger partial charge < -0.3 is 20.1 Å². The number of carbonyl (C=O) groups is 2. The molecule has 3 rings (SSSR count). The second kappa shape index (κ2) is 7.70. The SMILES string of the molecule is O=C(O)COc1ccc(CCNC(=O)N2Cc3ccccc3C2)cc1. The summed E-state index contributed by atoms with van der Waals surface area (Å²) in [5, 5.41) is 11.5. The number of aliphatic carboxylic acids is 1. The van der Waals surface area contributed by atoms with Crippen LogP contribution in [-0.2, 0) is 24.3 Å². The van der Waals surface area contributed by atoms with E-state index < -0.39 is 5.97 Å². The highest BCUT2D eigenvalue weighted by atomic mass is 16.5. The smallest absolute Gasteiger partial charge is 0.341 e. The van der Waals surface area contributed by atoms with Crippen molar-refractivity contribution in [1.29, 1.82) is 0 Å². The van der Waals surface area contributed by atoms with Gasteiger partial charge in [0.2, 0.25) is 0 Å². The molecule has 0 fully saturated rings. The quantitative estimate of drug-likeness (QED) is 0.846. The molecule has 0 spiro atoms. The van der Waals surface area contributed by atoms with Gasteiger partial charge in [0, 0.05) is 19.6 Å². The summed E-state index contributed by atoms with van der Waals surface area (Å²) >= 11 is 0. The molecule has 0 aliphatic carbocycles.